The molecular weight excluding hydrogens is 176 g/mol. The van der Waals surface area contributed by atoms with Gasteiger partial charge in [0.25, 0.3) is 0 Å². The van der Waals surface area contributed by atoms with Crippen LogP contribution < -0.4 is 0 Å². The van der Waals surface area contributed by atoms with Crippen molar-refractivity contribution in [2.75, 3.05) is 13.7 Å². The predicted molar refractivity (Wildman–Crippen MR) is 57.0 cm³/mol. The topological polar surface area (TPSA) is 26.3 Å². The van der Waals surface area contributed by atoms with Crippen LogP contribution in [0, 0.1) is 23.7 Å². The fourth-order valence-electron chi connectivity index (χ4n) is 2.56. The van der Waals surface area contributed by atoms with E-state index in [9.17, 15) is 4.79 Å². The van der Waals surface area contributed by atoms with Crippen LogP contribution in [0.15, 0.2) is 12.2 Å². The standard InChI is InChI=1S/C12H20O2/c1-8(2)11-5-10(7-14-4)9(3)12(11)6-13/h6,9-12H,1,5,7H2,2-4H3. The maximum atomic E-state index is 11.0. The van der Waals surface area contributed by atoms with Gasteiger partial charge in [-0.15, -0.1) is 0 Å². The van der Waals surface area contributed by atoms with E-state index in [-0.39, 0.29) is 5.92 Å². The Morgan fingerprint density at radius 2 is 2.29 bits per heavy atom. The highest BCUT2D eigenvalue weighted by molar-refractivity contribution is 5.56. The average Bonchev–Trinajstić information content (AvgIpc) is 2.44. The SMILES string of the molecule is C=C(C)C1CC(COC)C(C)C1C=O. The largest absolute Gasteiger partial charge is 0.384 e. The number of aldehydes is 1. The Hall–Kier alpha value is -0.630. The van der Waals surface area contributed by atoms with Gasteiger partial charge >= 0.3 is 0 Å². The second-order valence-corrected chi connectivity index (χ2v) is 4.48. The molecule has 4 atom stereocenters. The Morgan fingerprint density at radius 3 is 2.64 bits per heavy atom. The maximum Gasteiger partial charge on any atom is 0.123 e. The van der Waals surface area contributed by atoms with Crippen molar-refractivity contribution in [1.82, 2.24) is 0 Å². The van der Waals surface area contributed by atoms with Crippen LogP contribution in [0.4, 0.5) is 0 Å². The quantitative estimate of drug-likeness (QED) is 0.509. The number of ether oxygens (including phenoxy) is 1. The highest BCUT2D eigenvalue weighted by Crippen LogP contribution is 2.43. The lowest BCUT2D eigenvalue weighted by atomic mass is 9.87. The fraction of sp³-hybridized carbons (Fsp3) is 0.750. The van der Waals surface area contributed by atoms with E-state index in [2.05, 4.69) is 13.5 Å². The number of hydrogen-bond donors (Lipinski definition) is 0. The number of carbonyl (C=O) groups is 1. The van der Waals surface area contributed by atoms with Crippen molar-refractivity contribution in [3.63, 3.8) is 0 Å². The minimum atomic E-state index is 0.146. The van der Waals surface area contributed by atoms with E-state index in [1.165, 1.54) is 0 Å². The summed E-state index contributed by atoms with van der Waals surface area (Å²) in [5.74, 6) is 1.45. The van der Waals surface area contributed by atoms with Gasteiger partial charge in [-0.2, -0.15) is 0 Å². The molecule has 0 saturated heterocycles. The lowest BCUT2D eigenvalue weighted by Crippen LogP contribution is -2.18. The fourth-order valence-corrected chi connectivity index (χ4v) is 2.56. The molecule has 0 bridgehead atoms. The highest BCUT2D eigenvalue weighted by Gasteiger charge is 2.40. The first-order valence-corrected chi connectivity index (χ1v) is 5.21. The molecule has 0 heterocycles. The van der Waals surface area contributed by atoms with Gasteiger partial charge < -0.3 is 9.53 Å². The third-order valence-electron chi connectivity index (χ3n) is 3.54. The van der Waals surface area contributed by atoms with Crippen LogP contribution >= 0.6 is 0 Å². The highest BCUT2D eigenvalue weighted by atomic mass is 16.5. The normalized spacial score (nSPS) is 37.1. The first-order valence-electron chi connectivity index (χ1n) is 5.21. The molecule has 1 saturated carbocycles. The summed E-state index contributed by atoms with van der Waals surface area (Å²) in [4.78, 5) is 11.0. The molecule has 4 unspecified atom stereocenters. The van der Waals surface area contributed by atoms with Crippen LogP contribution in [0.5, 0.6) is 0 Å². The van der Waals surface area contributed by atoms with E-state index < -0.39 is 0 Å². The Morgan fingerprint density at radius 1 is 1.64 bits per heavy atom. The average molecular weight is 196 g/mol. The molecule has 0 N–H and O–H groups in total. The second kappa shape index (κ2) is 4.74. The maximum absolute atomic E-state index is 11.0. The smallest absolute Gasteiger partial charge is 0.123 e. The zero-order chi connectivity index (χ0) is 10.7. The van der Waals surface area contributed by atoms with Crippen LogP contribution in [-0.2, 0) is 9.53 Å². The molecule has 14 heavy (non-hydrogen) atoms. The van der Waals surface area contributed by atoms with Gasteiger partial charge in [-0.1, -0.05) is 19.1 Å². The first-order chi connectivity index (χ1) is 6.61. The first kappa shape index (κ1) is 11.4. The molecule has 2 heteroatoms. The Bertz CT molecular complexity index is 222. The summed E-state index contributed by atoms with van der Waals surface area (Å²) in [5.41, 5.74) is 1.13. The summed E-state index contributed by atoms with van der Waals surface area (Å²) in [7, 11) is 1.72. The van der Waals surface area contributed by atoms with E-state index in [4.69, 9.17) is 4.74 Å². The molecule has 80 valence electrons. The van der Waals surface area contributed by atoms with Crippen molar-refractivity contribution in [3.8, 4) is 0 Å². The molecule has 0 aromatic rings. The Kier molecular flexibility index (Phi) is 3.87. The molecule has 1 aliphatic carbocycles. The van der Waals surface area contributed by atoms with Crippen molar-refractivity contribution < 1.29 is 9.53 Å². The summed E-state index contributed by atoms with van der Waals surface area (Å²) in [6, 6.07) is 0. The van der Waals surface area contributed by atoms with Gasteiger partial charge in [-0.3, -0.25) is 0 Å². The van der Waals surface area contributed by atoms with Crippen LogP contribution in [0.2, 0.25) is 0 Å². The molecule has 0 spiro atoms. The zero-order valence-corrected chi connectivity index (χ0v) is 9.32. The van der Waals surface area contributed by atoms with Gasteiger partial charge in [0.2, 0.25) is 0 Å². The lowest BCUT2D eigenvalue weighted by Gasteiger charge is -2.17. The summed E-state index contributed by atoms with van der Waals surface area (Å²) >= 11 is 0. The van der Waals surface area contributed by atoms with Crippen molar-refractivity contribution in [2.24, 2.45) is 23.7 Å². The molecule has 0 aliphatic heterocycles. The molecule has 1 aliphatic rings. The van der Waals surface area contributed by atoms with E-state index in [1.807, 2.05) is 6.92 Å². The number of allylic oxidation sites excluding steroid dienone is 1. The minimum absolute atomic E-state index is 0.146. The predicted octanol–water partition coefficient (Wildman–Crippen LogP) is 2.30. The van der Waals surface area contributed by atoms with E-state index in [0.29, 0.717) is 17.8 Å². The summed E-state index contributed by atoms with van der Waals surface area (Å²) in [6.07, 6.45) is 2.15. The van der Waals surface area contributed by atoms with Crippen molar-refractivity contribution >= 4 is 6.29 Å². The van der Waals surface area contributed by atoms with Gasteiger partial charge in [0, 0.05) is 19.6 Å². The van der Waals surface area contributed by atoms with Gasteiger partial charge in [-0.05, 0) is 31.1 Å². The summed E-state index contributed by atoms with van der Waals surface area (Å²) < 4.78 is 5.17. The molecular formula is C12H20O2. The van der Waals surface area contributed by atoms with Gasteiger partial charge in [0.1, 0.15) is 6.29 Å². The number of carbonyl (C=O) groups excluding carboxylic acids is 1. The summed E-state index contributed by atoms with van der Waals surface area (Å²) in [6.45, 7) is 8.89. The molecule has 0 amide bonds. The van der Waals surface area contributed by atoms with Crippen LogP contribution in [0.3, 0.4) is 0 Å². The third-order valence-corrected chi connectivity index (χ3v) is 3.54. The zero-order valence-electron chi connectivity index (χ0n) is 9.32. The van der Waals surface area contributed by atoms with Gasteiger partial charge in [-0.25, -0.2) is 0 Å². The Balaban J connectivity index is 2.72. The lowest BCUT2D eigenvalue weighted by molar-refractivity contribution is -0.112. The molecule has 2 nitrogen and oxygen atoms in total. The number of methoxy groups -OCH3 is 1. The van der Waals surface area contributed by atoms with E-state index in [1.54, 1.807) is 7.11 Å². The minimum Gasteiger partial charge on any atom is -0.384 e. The molecule has 1 rings (SSSR count). The van der Waals surface area contributed by atoms with E-state index >= 15 is 0 Å². The molecule has 0 radical (unpaired) electrons. The molecule has 0 aromatic heterocycles. The van der Waals surface area contributed by atoms with Crippen LogP contribution in [0.1, 0.15) is 20.3 Å². The Labute approximate surface area is 86.3 Å². The van der Waals surface area contributed by atoms with Crippen LogP contribution in [-0.4, -0.2) is 20.0 Å². The number of hydrogen-bond acceptors (Lipinski definition) is 2. The van der Waals surface area contributed by atoms with E-state index in [0.717, 1.165) is 24.9 Å². The van der Waals surface area contributed by atoms with Gasteiger partial charge in [0.05, 0.1) is 0 Å². The number of rotatable bonds is 4. The summed E-state index contributed by atoms with van der Waals surface area (Å²) in [5, 5.41) is 0. The molecule has 0 aromatic carbocycles. The van der Waals surface area contributed by atoms with Crippen molar-refractivity contribution in [3.05, 3.63) is 12.2 Å². The molecule has 1 fully saturated rings. The van der Waals surface area contributed by atoms with Crippen molar-refractivity contribution in [2.45, 2.75) is 20.3 Å². The van der Waals surface area contributed by atoms with Crippen molar-refractivity contribution in [1.29, 1.82) is 0 Å². The second-order valence-electron chi connectivity index (χ2n) is 4.48. The van der Waals surface area contributed by atoms with Gasteiger partial charge in [0.15, 0.2) is 0 Å². The van der Waals surface area contributed by atoms with Crippen LogP contribution in [0.25, 0.3) is 0 Å². The third kappa shape index (κ3) is 2.06. The monoisotopic (exact) mass is 196 g/mol.